The van der Waals surface area contributed by atoms with Gasteiger partial charge in [-0.25, -0.2) is 4.39 Å². The van der Waals surface area contributed by atoms with Crippen LogP contribution in [0.15, 0.2) is 18.2 Å². The lowest BCUT2D eigenvalue weighted by molar-refractivity contribution is 0.622. The van der Waals surface area contributed by atoms with Gasteiger partial charge in [0.1, 0.15) is 5.82 Å². The van der Waals surface area contributed by atoms with Crippen LogP contribution >= 0.6 is 23.1 Å². The standard InChI is InChI=1S/C11H11ClFN3S/c1-6-11(17-16-15-6)10(14)5-7-4-8(13)2-3-9(7)12/h2-4,10H,5,14H2,1H3. The Morgan fingerprint density at radius 1 is 1.53 bits per heavy atom. The van der Waals surface area contributed by atoms with Crippen LogP contribution in [0.3, 0.4) is 0 Å². The van der Waals surface area contributed by atoms with E-state index in [0.29, 0.717) is 17.0 Å². The van der Waals surface area contributed by atoms with E-state index in [2.05, 4.69) is 9.59 Å². The fourth-order valence-corrected chi connectivity index (χ4v) is 2.44. The molecule has 0 radical (unpaired) electrons. The minimum atomic E-state index is -0.309. The van der Waals surface area contributed by atoms with Gasteiger partial charge in [0, 0.05) is 11.1 Å². The molecule has 1 atom stereocenters. The number of aryl methyl sites for hydroxylation is 1. The Hall–Kier alpha value is -1.04. The van der Waals surface area contributed by atoms with E-state index < -0.39 is 0 Å². The number of aromatic nitrogens is 2. The quantitative estimate of drug-likeness (QED) is 0.934. The third-order valence-electron chi connectivity index (χ3n) is 2.47. The maximum atomic E-state index is 13.1. The molecule has 0 aliphatic rings. The van der Waals surface area contributed by atoms with Crippen LogP contribution in [0.25, 0.3) is 0 Å². The summed E-state index contributed by atoms with van der Waals surface area (Å²) in [6.45, 7) is 1.85. The highest BCUT2D eigenvalue weighted by molar-refractivity contribution is 7.05. The van der Waals surface area contributed by atoms with Crippen LogP contribution in [0.4, 0.5) is 4.39 Å². The predicted molar refractivity (Wildman–Crippen MR) is 66.7 cm³/mol. The van der Waals surface area contributed by atoms with Crippen molar-refractivity contribution < 1.29 is 4.39 Å². The largest absolute Gasteiger partial charge is 0.323 e. The van der Waals surface area contributed by atoms with Gasteiger partial charge >= 0.3 is 0 Å². The molecule has 1 unspecified atom stereocenters. The second kappa shape index (κ2) is 5.08. The van der Waals surface area contributed by atoms with Crippen LogP contribution in [0.1, 0.15) is 22.2 Å². The molecule has 0 bridgehead atoms. The fraction of sp³-hybridized carbons (Fsp3) is 0.273. The highest BCUT2D eigenvalue weighted by Gasteiger charge is 2.15. The molecule has 0 aliphatic heterocycles. The summed E-state index contributed by atoms with van der Waals surface area (Å²) in [5.74, 6) is -0.309. The van der Waals surface area contributed by atoms with Crippen molar-refractivity contribution in [1.29, 1.82) is 0 Å². The Bertz CT molecular complexity index is 529. The van der Waals surface area contributed by atoms with Gasteiger partial charge in [-0.1, -0.05) is 16.1 Å². The lowest BCUT2D eigenvalue weighted by atomic mass is 10.0. The summed E-state index contributed by atoms with van der Waals surface area (Å²) in [6, 6.07) is 4.02. The number of hydrogen-bond acceptors (Lipinski definition) is 4. The highest BCUT2D eigenvalue weighted by atomic mass is 35.5. The zero-order valence-electron chi connectivity index (χ0n) is 9.15. The molecule has 1 aromatic heterocycles. The second-order valence-corrected chi connectivity index (χ2v) is 4.96. The molecular weight excluding hydrogens is 261 g/mol. The van der Waals surface area contributed by atoms with Gasteiger partial charge in [-0.05, 0) is 48.6 Å². The van der Waals surface area contributed by atoms with E-state index >= 15 is 0 Å². The maximum Gasteiger partial charge on any atom is 0.123 e. The molecule has 90 valence electrons. The van der Waals surface area contributed by atoms with E-state index in [9.17, 15) is 4.39 Å². The Morgan fingerprint density at radius 2 is 2.29 bits per heavy atom. The zero-order chi connectivity index (χ0) is 12.4. The van der Waals surface area contributed by atoms with Crippen LogP contribution in [-0.2, 0) is 6.42 Å². The summed E-state index contributed by atoms with van der Waals surface area (Å²) in [5, 5.41) is 4.43. The number of halogens is 2. The van der Waals surface area contributed by atoms with Gasteiger partial charge in [0.05, 0.1) is 10.6 Å². The molecule has 6 heteroatoms. The lowest BCUT2D eigenvalue weighted by Gasteiger charge is -2.11. The Kier molecular flexibility index (Phi) is 3.71. The molecule has 0 saturated carbocycles. The van der Waals surface area contributed by atoms with Gasteiger partial charge in [0.2, 0.25) is 0 Å². The monoisotopic (exact) mass is 271 g/mol. The predicted octanol–water partition coefficient (Wildman–Crippen LogP) is 2.88. The number of hydrogen-bond donors (Lipinski definition) is 1. The zero-order valence-corrected chi connectivity index (χ0v) is 10.7. The summed E-state index contributed by atoms with van der Waals surface area (Å²) in [6.07, 6.45) is 0.474. The molecule has 0 aliphatic carbocycles. The Labute approximate surface area is 108 Å². The molecule has 0 amide bonds. The SMILES string of the molecule is Cc1nnsc1C(N)Cc1cc(F)ccc1Cl. The minimum Gasteiger partial charge on any atom is -0.323 e. The lowest BCUT2D eigenvalue weighted by Crippen LogP contribution is -2.13. The number of benzene rings is 1. The third-order valence-corrected chi connectivity index (χ3v) is 3.80. The van der Waals surface area contributed by atoms with Gasteiger partial charge < -0.3 is 5.73 Å². The molecule has 1 heterocycles. The van der Waals surface area contributed by atoms with Gasteiger partial charge in [-0.15, -0.1) is 5.10 Å². The normalized spacial score (nSPS) is 12.7. The second-order valence-electron chi connectivity index (χ2n) is 3.77. The molecule has 2 rings (SSSR count). The fourth-order valence-electron chi connectivity index (χ4n) is 1.61. The molecule has 2 aromatic rings. The molecule has 1 aromatic carbocycles. The van der Waals surface area contributed by atoms with Gasteiger partial charge in [0.15, 0.2) is 0 Å². The van der Waals surface area contributed by atoms with Crippen LogP contribution in [0.5, 0.6) is 0 Å². The molecule has 17 heavy (non-hydrogen) atoms. The summed E-state index contributed by atoms with van der Waals surface area (Å²) in [4.78, 5) is 0.908. The van der Waals surface area contributed by atoms with Gasteiger partial charge in [0.25, 0.3) is 0 Å². The van der Waals surface area contributed by atoms with Crippen LogP contribution in [0, 0.1) is 12.7 Å². The number of rotatable bonds is 3. The number of nitrogens with two attached hydrogens (primary N) is 1. The molecule has 3 nitrogen and oxygen atoms in total. The molecule has 0 spiro atoms. The average Bonchev–Trinajstić information content (AvgIpc) is 2.70. The van der Waals surface area contributed by atoms with E-state index in [1.54, 1.807) is 0 Å². The summed E-state index contributed by atoms with van der Waals surface area (Å²) in [7, 11) is 0. The third kappa shape index (κ3) is 2.80. The van der Waals surface area contributed by atoms with Gasteiger partial charge in [-0.2, -0.15) is 0 Å². The molecule has 2 N–H and O–H groups in total. The smallest absolute Gasteiger partial charge is 0.123 e. The van der Waals surface area contributed by atoms with Crippen molar-refractivity contribution in [3.8, 4) is 0 Å². The van der Waals surface area contributed by atoms with E-state index in [4.69, 9.17) is 17.3 Å². The average molecular weight is 272 g/mol. The first-order chi connectivity index (χ1) is 8.08. The van der Waals surface area contributed by atoms with Crippen molar-refractivity contribution in [3.63, 3.8) is 0 Å². The van der Waals surface area contributed by atoms with Crippen molar-refractivity contribution in [1.82, 2.24) is 9.59 Å². The highest BCUT2D eigenvalue weighted by Crippen LogP contribution is 2.25. The summed E-state index contributed by atoms with van der Waals surface area (Å²) >= 11 is 7.26. The van der Waals surface area contributed by atoms with E-state index in [1.807, 2.05) is 6.92 Å². The Morgan fingerprint density at radius 3 is 2.94 bits per heavy atom. The first kappa shape index (κ1) is 12.4. The van der Waals surface area contributed by atoms with Crippen molar-refractivity contribution in [2.75, 3.05) is 0 Å². The van der Waals surface area contributed by atoms with Crippen molar-refractivity contribution >= 4 is 23.1 Å². The van der Waals surface area contributed by atoms with Crippen molar-refractivity contribution in [2.45, 2.75) is 19.4 Å². The first-order valence-electron chi connectivity index (χ1n) is 5.06. The Balaban J connectivity index is 2.21. The van der Waals surface area contributed by atoms with E-state index in [1.165, 1.54) is 29.7 Å². The van der Waals surface area contributed by atoms with Gasteiger partial charge in [-0.3, -0.25) is 0 Å². The molecule has 0 fully saturated rings. The van der Waals surface area contributed by atoms with Crippen LogP contribution in [0.2, 0.25) is 5.02 Å². The van der Waals surface area contributed by atoms with Crippen molar-refractivity contribution in [3.05, 3.63) is 45.2 Å². The number of nitrogens with zero attached hydrogens (tertiary/aromatic N) is 2. The molecule has 0 saturated heterocycles. The van der Waals surface area contributed by atoms with E-state index in [-0.39, 0.29) is 11.9 Å². The summed E-state index contributed by atoms with van der Waals surface area (Å²) < 4.78 is 16.9. The first-order valence-corrected chi connectivity index (χ1v) is 6.21. The minimum absolute atomic E-state index is 0.255. The van der Waals surface area contributed by atoms with Crippen LogP contribution in [-0.4, -0.2) is 9.59 Å². The topological polar surface area (TPSA) is 51.8 Å². The van der Waals surface area contributed by atoms with Crippen molar-refractivity contribution in [2.24, 2.45) is 5.73 Å². The molecular formula is C11H11ClFN3S. The van der Waals surface area contributed by atoms with Crippen LogP contribution < -0.4 is 5.73 Å². The maximum absolute atomic E-state index is 13.1. The van der Waals surface area contributed by atoms with E-state index in [0.717, 1.165) is 10.6 Å². The summed E-state index contributed by atoms with van der Waals surface area (Å²) in [5.41, 5.74) is 7.56.